The van der Waals surface area contributed by atoms with E-state index in [0.717, 1.165) is 5.69 Å². The van der Waals surface area contributed by atoms with Crippen molar-refractivity contribution in [2.45, 2.75) is 0 Å². The van der Waals surface area contributed by atoms with E-state index in [1.165, 1.54) is 0 Å². The molecule has 1 aliphatic rings. The van der Waals surface area contributed by atoms with Crippen molar-refractivity contribution >= 4 is 13.8 Å². The summed E-state index contributed by atoms with van der Waals surface area (Å²) in [5, 5.41) is 2.89. The molecule has 0 aliphatic carbocycles. The molecule has 2 aromatic rings. The number of rotatable bonds is 2. The Bertz CT molecular complexity index is 507. The molecule has 2 aromatic carbocycles. The number of hydrogen-bond donors (Lipinski definition) is 2. The lowest BCUT2D eigenvalue weighted by Crippen LogP contribution is -2.10. The number of benzene rings is 2. The Morgan fingerprint density at radius 3 is 1.94 bits per heavy atom. The molecule has 0 spiro atoms. The van der Waals surface area contributed by atoms with Gasteiger partial charge in [-0.1, -0.05) is 30.3 Å². The van der Waals surface area contributed by atoms with Gasteiger partial charge in [-0.3, -0.25) is 5.09 Å². The predicted octanol–water partition coefficient (Wildman–Crippen LogP) is 3.24. The summed E-state index contributed by atoms with van der Waals surface area (Å²) >= 11 is 0. The summed E-state index contributed by atoms with van der Waals surface area (Å²) in [4.78, 5) is 10.2. The molecule has 2 N–H and O–H groups in total. The largest absolute Gasteiger partial charge is 0.446 e. The minimum Gasteiger partial charge on any atom is -0.407 e. The van der Waals surface area contributed by atoms with Crippen LogP contribution in [0.3, 0.4) is 0 Å². The number of hydrogen-bond acceptors (Lipinski definition) is 4. The van der Waals surface area contributed by atoms with Gasteiger partial charge in [0, 0.05) is 5.69 Å². The molecule has 0 atom stereocenters. The molecule has 3 rings (SSSR count). The molecule has 0 saturated heterocycles. The summed E-state index contributed by atoms with van der Waals surface area (Å²) in [6.07, 6.45) is 0. The third kappa shape index (κ3) is 2.05. The van der Waals surface area contributed by atoms with Crippen LogP contribution in [0.5, 0.6) is 11.5 Å². The first-order chi connectivity index (χ1) is 8.25. The van der Waals surface area contributed by atoms with Crippen molar-refractivity contribution in [2.75, 3.05) is 5.09 Å². The van der Waals surface area contributed by atoms with Gasteiger partial charge < -0.3 is 13.9 Å². The summed E-state index contributed by atoms with van der Waals surface area (Å²) in [5.41, 5.74) is 0.760. The molecular formula is C12H11NO3P. The van der Waals surface area contributed by atoms with Crippen molar-refractivity contribution in [1.82, 2.24) is 0 Å². The van der Waals surface area contributed by atoms with E-state index >= 15 is 0 Å². The van der Waals surface area contributed by atoms with Crippen LogP contribution in [-0.4, -0.2) is 4.89 Å². The molecule has 17 heavy (non-hydrogen) atoms. The lowest BCUT2D eigenvalue weighted by molar-refractivity contribution is 0.400. The molecule has 5 heteroatoms. The van der Waals surface area contributed by atoms with Gasteiger partial charge in [-0.05, 0) is 24.3 Å². The van der Waals surface area contributed by atoms with Gasteiger partial charge in [0.2, 0.25) is 0 Å². The summed E-state index contributed by atoms with van der Waals surface area (Å²) < 4.78 is 10.9. The van der Waals surface area contributed by atoms with Crippen LogP contribution in [0.15, 0.2) is 54.6 Å². The highest BCUT2D eigenvalue weighted by molar-refractivity contribution is 7.63. The quantitative estimate of drug-likeness (QED) is 0.801. The molecule has 1 aliphatic heterocycles. The average molecular weight is 248 g/mol. The maximum Gasteiger partial charge on any atom is 0.446 e. The summed E-state index contributed by atoms with van der Waals surface area (Å²) in [7, 11) is -3.07. The van der Waals surface area contributed by atoms with Crippen molar-refractivity contribution in [1.29, 1.82) is 0 Å². The molecule has 87 valence electrons. The molecule has 1 radical (unpaired) electrons. The zero-order valence-corrected chi connectivity index (χ0v) is 9.80. The maximum absolute atomic E-state index is 10.2. The number of para-hydroxylation sites is 3. The van der Waals surface area contributed by atoms with Crippen LogP contribution in [-0.2, 0) is 0 Å². The Labute approximate surface area is 99.5 Å². The molecule has 4 nitrogen and oxygen atoms in total. The smallest absolute Gasteiger partial charge is 0.407 e. The van der Waals surface area contributed by atoms with Crippen molar-refractivity contribution in [3.05, 3.63) is 54.6 Å². The van der Waals surface area contributed by atoms with Crippen LogP contribution in [0.25, 0.3) is 0 Å². The number of anilines is 1. The Balaban J connectivity index is 1.82. The van der Waals surface area contributed by atoms with Crippen LogP contribution in [0.4, 0.5) is 5.69 Å². The van der Waals surface area contributed by atoms with Crippen LogP contribution in [0, 0.1) is 0 Å². The van der Waals surface area contributed by atoms with Crippen molar-refractivity contribution in [3.8, 4) is 11.5 Å². The molecule has 0 unspecified atom stereocenters. The fraction of sp³-hybridized carbons (Fsp3) is 0. The second-order valence-electron chi connectivity index (χ2n) is 3.63. The molecular weight excluding hydrogens is 237 g/mol. The van der Waals surface area contributed by atoms with E-state index in [-0.39, 0.29) is 0 Å². The van der Waals surface area contributed by atoms with Gasteiger partial charge in [0.1, 0.15) is 0 Å². The first kappa shape index (κ1) is 10.4. The zero-order chi connectivity index (χ0) is 11.7. The van der Waals surface area contributed by atoms with Gasteiger partial charge in [-0.15, -0.1) is 0 Å². The van der Waals surface area contributed by atoms with Crippen molar-refractivity contribution < 1.29 is 13.9 Å². The Kier molecular flexibility index (Phi) is 2.39. The van der Waals surface area contributed by atoms with Crippen LogP contribution >= 0.6 is 8.09 Å². The average Bonchev–Trinajstić information content (AvgIpc) is 2.66. The molecule has 1 heterocycles. The van der Waals surface area contributed by atoms with Crippen LogP contribution in [0.1, 0.15) is 0 Å². The van der Waals surface area contributed by atoms with Crippen LogP contribution in [0.2, 0.25) is 0 Å². The Morgan fingerprint density at radius 2 is 1.35 bits per heavy atom. The van der Waals surface area contributed by atoms with Gasteiger partial charge in [0.25, 0.3) is 0 Å². The first-order valence-electron chi connectivity index (χ1n) is 5.19. The van der Waals surface area contributed by atoms with Crippen molar-refractivity contribution in [3.63, 3.8) is 0 Å². The first-order valence-corrected chi connectivity index (χ1v) is 6.76. The highest BCUT2D eigenvalue weighted by Gasteiger charge is 2.39. The van der Waals surface area contributed by atoms with E-state index in [9.17, 15) is 4.89 Å². The van der Waals surface area contributed by atoms with Gasteiger partial charge in [-0.2, -0.15) is 0 Å². The monoisotopic (exact) mass is 248 g/mol. The highest BCUT2D eigenvalue weighted by Crippen LogP contribution is 2.63. The molecule has 0 aromatic heterocycles. The number of fused-ring (bicyclic) bond motifs is 1. The zero-order valence-electron chi connectivity index (χ0n) is 8.91. The molecule has 0 amide bonds. The van der Waals surface area contributed by atoms with E-state index in [4.69, 9.17) is 9.05 Å². The predicted molar refractivity (Wildman–Crippen MR) is 66.9 cm³/mol. The SMILES string of the molecule is O[P]1(Nc2ccccc2)Oc2ccccc2O1. The van der Waals surface area contributed by atoms with E-state index in [0.29, 0.717) is 11.5 Å². The Morgan fingerprint density at radius 1 is 0.824 bits per heavy atom. The second kappa shape index (κ2) is 3.91. The highest BCUT2D eigenvalue weighted by atomic mass is 31.2. The third-order valence-corrected chi connectivity index (χ3v) is 3.77. The summed E-state index contributed by atoms with van der Waals surface area (Å²) in [6, 6.07) is 16.5. The van der Waals surface area contributed by atoms with E-state index in [2.05, 4.69) is 5.09 Å². The fourth-order valence-corrected chi connectivity index (χ4v) is 3.05. The molecule has 0 fully saturated rings. The minimum absolute atomic E-state index is 0.562. The minimum atomic E-state index is -3.07. The van der Waals surface area contributed by atoms with E-state index < -0.39 is 8.09 Å². The second-order valence-corrected chi connectivity index (χ2v) is 5.26. The lowest BCUT2D eigenvalue weighted by atomic mass is 10.3. The summed E-state index contributed by atoms with van der Waals surface area (Å²) in [5.74, 6) is 1.12. The van der Waals surface area contributed by atoms with Gasteiger partial charge in [0.05, 0.1) is 0 Å². The maximum atomic E-state index is 10.2. The van der Waals surface area contributed by atoms with Gasteiger partial charge in [0.15, 0.2) is 11.5 Å². The lowest BCUT2D eigenvalue weighted by Gasteiger charge is -2.22. The van der Waals surface area contributed by atoms with Gasteiger partial charge in [-0.25, -0.2) is 0 Å². The third-order valence-electron chi connectivity index (χ3n) is 2.34. The topological polar surface area (TPSA) is 50.7 Å². The van der Waals surface area contributed by atoms with Gasteiger partial charge >= 0.3 is 8.09 Å². The standard InChI is InChI=1S/C12H11NO3P/c14-17(13-10-6-2-1-3-7-10)15-11-8-4-5-9-12(11)16-17/h1-9,13-14H. The fourth-order valence-electron chi connectivity index (χ4n) is 1.61. The molecule has 0 bridgehead atoms. The number of nitrogens with one attached hydrogen (secondary N) is 1. The van der Waals surface area contributed by atoms with Crippen LogP contribution < -0.4 is 14.1 Å². The summed E-state index contributed by atoms with van der Waals surface area (Å²) in [6.45, 7) is 0. The Hall–Kier alpha value is -1.77. The van der Waals surface area contributed by atoms with E-state index in [1.807, 2.05) is 42.5 Å². The molecule has 0 saturated carbocycles. The van der Waals surface area contributed by atoms with Crippen molar-refractivity contribution in [2.24, 2.45) is 0 Å². The normalized spacial score (nSPS) is 15.6. The van der Waals surface area contributed by atoms with E-state index in [1.54, 1.807) is 12.1 Å².